The van der Waals surface area contributed by atoms with Crippen LogP contribution in [0.3, 0.4) is 0 Å². The molecular formula is C9H8F3NO4S. The van der Waals surface area contributed by atoms with E-state index in [9.17, 15) is 31.5 Å². The van der Waals surface area contributed by atoms with Crippen molar-refractivity contribution >= 4 is 21.5 Å². The Morgan fingerprint density at radius 3 is 2.33 bits per heavy atom. The highest BCUT2D eigenvalue weighted by Crippen LogP contribution is 2.30. The molecule has 0 fully saturated rings. The average molecular weight is 283 g/mol. The van der Waals surface area contributed by atoms with Gasteiger partial charge in [0.15, 0.2) is 5.78 Å². The number of sulfonamides is 1. The number of Topliss-reactive ketones (excluding diaryl/α,β-unsaturated/α-hetero) is 1. The van der Waals surface area contributed by atoms with Gasteiger partial charge in [-0.25, -0.2) is 0 Å². The monoisotopic (exact) mass is 283 g/mol. The number of phenols is 1. The molecule has 0 saturated carbocycles. The fourth-order valence-electron chi connectivity index (χ4n) is 1.04. The Labute approximate surface area is 100 Å². The maximum absolute atomic E-state index is 12.1. The summed E-state index contributed by atoms with van der Waals surface area (Å²) in [7, 11) is -5.64. The van der Waals surface area contributed by atoms with Gasteiger partial charge in [0, 0.05) is 5.56 Å². The standard InChI is InChI=1S/C9H8F3NO4S/c1-5(14)6-2-3-8(15)7(4-6)13-18(16,17)9(10,11)12/h2-4,13,15H,1H3. The number of hydrogen-bond donors (Lipinski definition) is 2. The first-order chi connectivity index (χ1) is 8.04. The molecule has 1 rings (SSSR count). The molecule has 1 aromatic carbocycles. The molecule has 9 heteroatoms. The molecule has 2 N–H and O–H groups in total. The highest BCUT2D eigenvalue weighted by atomic mass is 32.2. The largest absolute Gasteiger partial charge is 0.516 e. The van der Waals surface area contributed by atoms with Crippen LogP contribution in [0, 0.1) is 0 Å². The van der Waals surface area contributed by atoms with Gasteiger partial charge >= 0.3 is 15.5 Å². The van der Waals surface area contributed by atoms with Crippen LogP contribution in [0.1, 0.15) is 17.3 Å². The molecule has 0 aliphatic heterocycles. The minimum atomic E-state index is -5.64. The minimum Gasteiger partial charge on any atom is -0.506 e. The van der Waals surface area contributed by atoms with Crippen LogP contribution < -0.4 is 4.72 Å². The lowest BCUT2D eigenvalue weighted by molar-refractivity contribution is -0.0429. The molecule has 0 aliphatic carbocycles. The topological polar surface area (TPSA) is 83.5 Å². The second-order valence-electron chi connectivity index (χ2n) is 3.34. The van der Waals surface area contributed by atoms with Crippen LogP contribution in [-0.2, 0) is 10.0 Å². The van der Waals surface area contributed by atoms with Gasteiger partial charge in [0.05, 0.1) is 5.69 Å². The summed E-state index contributed by atoms with van der Waals surface area (Å²) in [5.41, 5.74) is -6.25. The lowest BCUT2D eigenvalue weighted by Gasteiger charge is -2.12. The van der Waals surface area contributed by atoms with Crippen molar-refractivity contribution in [1.29, 1.82) is 0 Å². The molecule has 0 unspecified atom stereocenters. The number of phenolic OH excluding ortho intramolecular Hbond substituents is 1. The lowest BCUT2D eigenvalue weighted by atomic mass is 10.1. The van der Waals surface area contributed by atoms with Crippen LogP contribution in [0.4, 0.5) is 18.9 Å². The Morgan fingerprint density at radius 1 is 1.33 bits per heavy atom. The number of benzene rings is 1. The third-order valence-electron chi connectivity index (χ3n) is 1.95. The number of rotatable bonds is 3. The third kappa shape index (κ3) is 2.92. The Morgan fingerprint density at radius 2 is 1.89 bits per heavy atom. The van der Waals surface area contributed by atoms with Gasteiger partial charge in [-0.15, -0.1) is 0 Å². The number of carbonyl (C=O) groups excluding carboxylic acids is 1. The van der Waals surface area contributed by atoms with Gasteiger partial charge in [-0.2, -0.15) is 21.6 Å². The van der Waals surface area contributed by atoms with Crippen LogP contribution in [0.15, 0.2) is 18.2 Å². The molecule has 0 bridgehead atoms. The molecule has 100 valence electrons. The summed E-state index contributed by atoms with van der Waals surface area (Å²) in [5.74, 6) is -1.20. The minimum absolute atomic E-state index is 0.0346. The first kappa shape index (κ1) is 14.3. The number of carbonyl (C=O) groups is 1. The Hall–Kier alpha value is -1.77. The normalized spacial score (nSPS) is 12.2. The van der Waals surface area contributed by atoms with E-state index < -0.39 is 32.8 Å². The zero-order chi connectivity index (χ0) is 14.1. The van der Waals surface area contributed by atoms with E-state index in [0.29, 0.717) is 0 Å². The van der Waals surface area contributed by atoms with Crippen molar-refractivity contribution in [1.82, 2.24) is 0 Å². The summed E-state index contributed by atoms with van der Waals surface area (Å²) in [6.07, 6.45) is 0. The zero-order valence-corrected chi connectivity index (χ0v) is 9.76. The van der Waals surface area contributed by atoms with Gasteiger partial charge < -0.3 is 5.11 Å². The summed E-state index contributed by atoms with van der Waals surface area (Å²) in [5, 5.41) is 9.24. The number of hydrogen-bond acceptors (Lipinski definition) is 4. The molecule has 0 atom stereocenters. The summed E-state index contributed by atoms with van der Waals surface area (Å²) in [6, 6.07) is 2.90. The Balaban J connectivity index is 3.20. The zero-order valence-electron chi connectivity index (χ0n) is 8.95. The van der Waals surface area contributed by atoms with E-state index in [1.165, 1.54) is 4.72 Å². The fraction of sp³-hybridized carbons (Fsp3) is 0.222. The number of aromatic hydroxyl groups is 1. The number of anilines is 1. The fourth-order valence-corrected chi connectivity index (χ4v) is 1.61. The van der Waals surface area contributed by atoms with E-state index in [1.807, 2.05) is 0 Å². The first-order valence-corrected chi connectivity index (χ1v) is 5.96. The van der Waals surface area contributed by atoms with Crippen molar-refractivity contribution in [3.63, 3.8) is 0 Å². The SMILES string of the molecule is CC(=O)c1ccc(O)c(NS(=O)(=O)C(F)(F)F)c1. The van der Waals surface area contributed by atoms with Crippen molar-refractivity contribution in [2.45, 2.75) is 12.4 Å². The van der Waals surface area contributed by atoms with Gasteiger partial charge in [-0.05, 0) is 25.1 Å². The summed E-state index contributed by atoms with van der Waals surface area (Å²) < 4.78 is 59.1. The molecule has 0 radical (unpaired) electrons. The molecule has 0 heterocycles. The maximum atomic E-state index is 12.1. The predicted octanol–water partition coefficient (Wildman–Crippen LogP) is 1.86. The van der Waals surface area contributed by atoms with Crippen molar-refractivity contribution < 1.29 is 31.5 Å². The van der Waals surface area contributed by atoms with Crippen molar-refractivity contribution in [2.75, 3.05) is 4.72 Å². The predicted molar refractivity (Wildman–Crippen MR) is 56.7 cm³/mol. The lowest BCUT2D eigenvalue weighted by Crippen LogP contribution is -2.30. The molecule has 1 aromatic rings. The maximum Gasteiger partial charge on any atom is 0.516 e. The number of halogens is 3. The highest BCUT2D eigenvalue weighted by Gasteiger charge is 2.46. The van der Waals surface area contributed by atoms with Gasteiger partial charge in [-0.3, -0.25) is 9.52 Å². The number of ketones is 1. The third-order valence-corrected chi connectivity index (χ3v) is 3.05. The molecular weight excluding hydrogens is 275 g/mol. The van der Waals surface area contributed by atoms with Crippen LogP contribution in [0.5, 0.6) is 5.75 Å². The molecule has 0 aliphatic rings. The summed E-state index contributed by atoms with van der Waals surface area (Å²) >= 11 is 0. The molecule has 0 aromatic heterocycles. The Kier molecular flexibility index (Phi) is 3.56. The molecule has 5 nitrogen and oxygen atoms in total. The molecule has 0 amide bonds. The van der Waals surface area contributed by atoms with E-state index >= 15 is 0 Å². The van der Waals surface area contributed by atoms with E-state index in [4.69, 9.17) is 0 Å². The smallest absolute Gasteiger partial charge is 0.506 e. The van der Waals surface area contributed by atoms with Crippen molar-refractivity contribution in [3.05, 3.63) is 23.8 Å². The molecule has 0 spiro atoms. The highest BCUT2D eigenvalue weighted by molar-refractivity contribution is 7.93. The molecule has 18 heavy (non-hydrogen) atoms. The van der Waals surface area contributed by atoms with E-state index in [0.717, 1.165) is 25.1 Å². The Bertz CT molecular complexity index is 580. The summed E-state index contributed by atoms with van der Waals surface area (Å²) in [4.78, 5) is 11.0. The number of nitrogens with one attached hydrogen (secondary N) is 1. The van der Waals surface area contributed by atoms with Gasteiger partial charge in [-0.1, -0.05) is 0 Å². The van der Waals surface area contributed by atoms with E-state index in [1.54, 1.807) is 0 Å². The van der Waals surface area contributed by atoms with E-state index in [-0.39, 0.29) is 5.56 Å². The molecule has 0 saturated heterocycles. The average Bonchev–Trinajstić information content (AvgIpc) is 2.18. The second kappa shape index (κ2) is 4.48. The van der Waals surface area contributed by atoms with Crippen molar-refractivity contribution in [2.24, 2.45) is 0 Å². The quantitative estimate of drug-likeness (QED) is 0.655. The number of alkyl halides is 3. The second-order valence-corrected chi connectivity index (χ2v) is 5.01. The van der Waals surface area contributed by atoms with Crippen LogP contribution >= 0.6 is 0 Å². The van der Waals surface area contributed by atoms with Gasteiger partial charge in [0.25, 0.3) is 0 Å². The van der Waals surface area contributed by atoms with E-state index in [2.05, 4.69) is 0 Å². The van der Waals surface area contributed by atoms with Crippen molar-refractivity contribution in [3.8, 4) is 5.75 Å². The van der Waals surface area contributed by atoms with Gasteiger partial charge in [0.2, 0.25) is 0 Å². The van der Waals surface area contributed by atoms with Gasteiger partial charge in [0.1, 0.15) is 5.75 Å². The summed E-state index contributed by atoms with van der Waals surface area (Å²) in [6.45, 7) is 1.15. The first-order valence-electron chi connectivity index (χ1n) is 4.47. The van der Waals surface area contributed by atoms with Crippen LogP contribution in [0.2, 0.25) is 0 Å². The van der Waals surface area contributed by atoms with Crippen LogP contribution in [0.25, 0.3) is 0 Å². The van der Waals surface area contributed by atoms with Crippen LogP contribution in [-0.4, -0.2) is 24.8 Å².